The predicted octanol–water partition coefficient (Wildman–Crippen LogP) is 2.16. The maximum atomic E-state index is 11.8. The highest BCUT2D eigenvalue weighted by atomic mass is 16.5. The van der Waals surface area contributed by atoms with Crippen molar-refractivity contribution < 1.29 is 9.53 Å². The van der Waals surface area contributed by atoms with Crippen molar-refractivity contribution in [2.75, 3.05) is 44.7 Å². The maximum absolute atomic E-state index is 11.8. The molecule has 1 aliphatic heterocycles. The zero-order valence-corrected chi connectivity index (χ0v) is 13.1. The van der Waals surface area contributed by atoms with Gasteiger partial charge in [-0.25, -0.2) is 4.79 Å². The Balaban J connectivity index is 1.85. The van der Waals surface area contributed by atoms with E-state index in [1.165, 1.54) is 5.69 Å². The van der Waals surface area contributed by atoms with Crippen molar-refractivity contribution in [3.8, 4) is 0 Å². The number of anilines is 1. The SMILES string of the molecule is CCOC(=O)c1cnc2cc(N3CCN(C)CC3)ccc2c1. The monoisotopic (exact) mass is 299 g/mol. The number of carbonyl (C=O) groups is 1. The van der Waals surface area contributed by atoms with E-state index in [0.29, 0.717) is 12.2 Å². The minimum atomic E-state index is -0.319. The molecule has 1 aromatic heterocycles. The number of ether oxygens (including phenoxy) is 1. The van der Waals surface area contributed by atoms with E-state index in [9.17, 15) is 4.79 Å². The molecule has 1 aliphatic rings. The molecule has 1 fully saturated rings. The van der Waals surface area contributed by atoms with Crippen LogP contribution in [0.5, 0.6) is 0 Å². The van der Waals surface area contributed by atoms with E-state index in [4.69, 9.17) is 4.74 Å². The summed E-state index contributed by atoms with van der Waals surface area (Å²) < 4.78 is 5.01. The van der Waals surface area contributed by atoms with Crippen molar-refractivity contribution in [2.24, 2.45) is 0 Å². The smallest absolute Gasteiger partial charge is 0.339 e. The van der Waals surface area contributed by atoms with Gasteiger partial charge >= 0.3 is 5.97 Å². The Labute approximate surface area is 130 Å². The lowest BCUT2D eigenvalue weighted by atomic mass is 10.1. The van der Waals surface area contributed by atoms with Crippen molar-refractivity contribution in [3.63, 3.8) is 0 Å². The molecule has 116 valence electrons. The molecule has 0 unspecified atom stereocenters. The fourth-order valence-electron chi connectivity index (χ4n) is 2.70. The second kappa shape index (κ2) is 6.32. The van der Waals surface area contributed by atoms with Gasteiger partial charge in [0.15, 0.2) is 0 Å². The van der Waals surface area contributed by atoms with Gasteiger partial charge in [-0.3, -0.25) is 4.98 Å². The van der Waals surface area contributed by atoms with Gasteiger partial charge in [-0.1, -0.05) is 6.07 Å². The van der Waals surface area contributed by atoms with Gasteiger partial charge in [0.1, 0.15) is 0 Å². The zero-order chi connectivity index (χ0) is 15.5. The molecule has 2 heterocycles. The lowest BCUT2D eigenvalue weighted by Crippen LogP contribution is -2.44. The zero-order valence-electron chi connectivity index (χ0n) is 13.1. The molecule has 5 heteroatoms. The Bertz CT molecular complexity index is 679. The highest BCUT2D eigenvalue weighted by molar-refractivity contribution is 5.94. The number of benzene rings is 1. The number of fused-ring (bicyclic) bond motifs is 1. The summed E-state index contributed by atoms with van der Waals surface area (Å²) >= 11 is 0. The number of hydrogen-bond donors (Lipinski definition) is 0. The van der Waals surface area contributed by atoms with Crippen LogP contribution in [0.2, 0.25) is 0 Å². The van der Waals surface area contributed by atoms with E-state index in [1.54, 1.807) is 13.1 Å². The summed E-state index contributed by atoms with van der Waals surface area (Å²) in [5, 5.41) is 0.962. The first kappa shape index (κ1) is 14.8. The fourth-order valence-corrected chi connectivity index (χ4v) is 2.70. The number of pyridine rings is 1. The van der Waals surface area contributed by atoms with Crippen LogP contribution in [0.3, 0.4) is 0 Å². The molecule has 0 aliphatic carbocycles. The minimum absolute atomic E-state index is 0.319. The Hall–Kier alpha value is -2.14. The van der Waals surface area contributed by atoms with Crippen LogP contribution >= 0.6 is 0 Å². The summed E-state index contributed by atoms with van der Waals surface area (Å²) in [5.74, 6) is -0.319. The largest absolute Gasteiger partial charge is 0.462 e. The average molecular weight is 299 g/mol. The maximum Gasteiger partial charge on any atom is 0.339 e. The third kappa shape index (κ3) is 3.04. The van der Waals surface area contributed by atoms with E-state index in [1.807, 2.05) is 12.1 Å². The van der Waals surface area contributed by atoms with Crippen molar-refractivity contribution in [2.45, 2.75) is 6.92 Å². The third-order valence-corrected chi connectivity index (χ3v) is 4.05. The van der Waals surface area contributed by atoms with E-state index < -0.39 is 0 Å². The molecular formula is C17H21N3O2. The van der Waals surface area contributed by atoms with Crippen LogP contribution in [-0.4, -0.2) is 55.7 Å². The van der Waals surface area contributed by atoms with Crippen LogP contribution in [0.1, 0.15) is 17.3 Å². The normalized spacial score (nSPS) is 16.0. The first-order chi connectivity index (χ1) is 10.7. The third-order valence-electron chi connectivity index (χ3n) is 4.05. The molecule has 0 saturated carbocycles. The number of esters is 1. The summed E-state index contributed by atoms with van der Waals surface area (Å²) in [6, 6.07) is 8.06. The number of carbonyl (C=O) groups excluding carboxylic acids is 1. The Kier molecular flexibility index (Phi) is 4.24. The number of aromatic nitrogens is 1. The van der Waals surface area contributed by atoms with Gasteiger partial charge in [0, 0.05) is 43.4 Å². The van der Waals surface area contributed by atoms with E-state index >= 15 is 0 Å². The molecule has 2 aromatic rings. The molecule has 0 spiro atoms. The molecule has 5 nitrogen and oxygen atoms in total. The fraction of sp³-hybridized carbons (Fsp3) is 0.412. The molecule has 0 bridgehead atoms. The van der Waals surface area contributed by atoms with E-state index in [2.05, 4.69) is 34.0 Å². The second-order valence-electron chi connectivity index (χ2n) is 5.61. The van der Waals surface area contributed by atoms with Crippen LogP contribution in [0.25, 0.3) is 10.9 Å². The molecule has 1 aromatic carbocycles. The predicted molar refractivity (Wildman–Crippen MR) is 87.4 cm³/mol. The first-order valence-corrected chi connectivity index (χ1v) is 7.68. The second-order valence-corrected chi connectivity index (χ2v) is 5.61. The van der Waals surface area contributed by atoms with Gasteiger partial charge in [-0.15, -0.1) is 0 Å². The van der Waals surface area contributed by atoms with Gasteiger partial charge in [0.05, 0.1) is 17.7 Å². The summed E-state index contributed by atoms with van der Waals surface area (Å²) in [7, 11) is 2.15. The van der Waals surface area contributed by atoms with Gasteiger partial charge < -0.3 is 14.5 Å². The standard InChI is InChI=1S/C17H21N3O2/c1-3-22-17(21)14-10-13-4-5-15(11-16(13)18-12-14)20-8-6-19(2)7-9-20/h4-5,10-12H,3,6-9H2,1-2H3. The number of hydrogen-bond acceptors (Lipinski definition) is 5. The van der Waals surface area contributed by atoms with Crippen molar-refractivity contribution in [1.82, 2.24) is 9.88 Å². The number of likely N-dealkylation sites (N-methyl/N-ethyl adjacent to an activating group) is 1. The molecule has 1 saturated heterocycles. The van der Waals surface area contributed by atoms with Crippen molar-refractivity contribution >= 4 is 22.6 Å². The molecule has 0 amide bonds. The van der Waals surface area contributed by atoms with Gasteiger partial charge in [-0.05, 0) is 32.2 Å². The molecule has 3 rings (SSSR count). The lowest BCUT2D eigenvalue weighted by molar-refractivity contribution is 0.0526. The van der Waals surface area contributed by atoms with E-state index in [0.717, 1.165) is 37.1 Å². The lowest BCUT2D eigenvalue weighted by Gasteiger charge is -2.34. The number of piperazine rings is 1. The van der Waals surface area contributed by atoms with Crippen LogP contribution in [-0.2, 0) is 4.74 Å². The topological polar surface area (TPSA) is 45.7 Å². The van der Waals surface area contributed by atoms with Crippen LogP contribution in [0.4, 0.5) is 5.69 Å². The summed E-state index contributed by atoms with van der Waals surface area (Å²) in [6.45, 7) is 6.39. The highest BCUT2D eigenvalue weighted by Gasteiger charge is 2.15. The summed E-state index contributed by atoms with van der Waals surface area (Å²) in [4.78, 5) is 20.9. The quantitative estimate of drug-likeness (QED) is 0.813. The Morgan fingerprint density at radius 1 is 1.23 bits per heavy atom. The van der Waals surface area contributed by atoms with Crippen LogP contribution in [0.15, 0.2) is 30.5 Å². The van der Waals surface area contributed by atoms with Crippen molar-refractivity contribution in [3.05, 3.63) is 36.0 Å². The van der Waals surface area contributed by atoms with Crippen LogP contribution in [0, 0.1) is 0 Å². The highest BCUT2D eigenvalue weighted by Crippen LogP contribution is 2.22. The molecule has 0 N–H and O–H groups in total. The summed E-state index contributed by atoms with van der Waals surface area (Å²) in [6.07, 6.45) is 1.59. The van der Waals surface area contributed by atoms with E-state index in [-0.39, 0.29) is 5.97 Å². The molecular weight excluding hydrogens is 278 g/mol. The first-order valence-electron chi connectivity index (χ1n) is 7.68. The number of rotatable bonds is 3. The molecule has 0 radical (unpaired) electrons. The van der Waals surface area contributed by atoms with Gasteiger partial charge in [-0.2, -0.15) is 0 Å². The van der Waals surface area contributed by atoms with Crippen LogP contribution < -0.4 is 4.90 Å². The minimum Gasteiger partial charge on any atom is -0.462 e. The Morgan fingerprint density at radius 3 is 2.73 bits per heavy atom. The molecule has 22 heavy (non-hydrogen) atoms. The van der Waals surface area contributed by atoms with Gasteiger partial charge in [0.25, 0.3) is 0 Å². The molecule has 0 atom stereocenters. The average Bonchev–Trinajstić information content (AvgIpc) is 2.55. The Morgan fingerprint density at radius 2 is 2.00 bits per heavy atom. The summed E-state index contributed by atoms with van der Waals surface area (Å²) in [5.41, 5.74) is 2.60. The van der Waals surface area contributed by atoms with Gasteiger partial charge in [0.2, 0.25) is 0 Å². The number of nitrogens with zero attached hydrogens (tertiary/aromatic N) is 3. The van der Waals surface area contributed by atoms with Crippen molar-refractivity contribution in [1.29, 1.82) is 0 Å².